The van der Waals surface area contributed by atoms with Crippen molar-refractivity contribution >= 4 is 12.0 Å². The van der Waals surface area contributed by atoms with E-state index < -0.39 is 17.3 Å². The smallest absolute Gasteiger partial charge is 0.410 e. The van der Waals surface area contributed by atoms with Gasteiger partial charge in [0.15, 0.2) is 0 Å². The third kappa shape index (κ3) is 4.24. The summed E-state index contributed by atoms with van der Waals surface area (Å²) in [7, 11) is 0. The van der Waals surface area contributed by atoms with Gasteiger partial charge >= 0.3 is 6.09 Å². The van der Waals surface area contributed by atoms with Gasteiger partial charge in [-0.05, 0) is 63.6 Å². The first-order valence-corrected chi connectivity index (χ1v) is 8.16. The molecule has 6 heteroatoms. The van der Waals surface area contributed by atoms with Gasteiger partial charge in [0.25, 0.3) is 0 Å². The van der Waals surface area contributed by atoms with Gasteiger partial charge in [-0.15, -0.1) is 0 Å². The lowest BCUT2D eigenvalue weighted by Crippen LogP contribution is -2.41. The summed E-state index contributed by atoms with van der Waals surface area (Å²) < 4.78 is 19.1. The Labute approximate surface area is 142 Å². The van der Waals surface area contributed by atoms with Crippen molar-refractivity contribution in [2.24, 2.45) is 5.73 Å². The van der Waals surface area contributed by atoms with E-state index in [9.17, 15) is 14.0 Å². The summed E-state index contributed by atoms with van der Waals surface area (Å²) in [5, 5.41) is 0. The van der Waals surface area contributed by atoms with Crippen LogP contribution in [-0.2, 0) is 4.74 Å². The fraction of sp³-hybridized carbons (Fsp3) is 0.556. The van der Waals surface area contributed by atoms with E-state index in [1.54, 1.807) is 17.9 Å². The number of hydrogen-bond donors (Lipinski definition) is 1. The average molecular weight is 336 g/mol. The molecule has 0 spiro atoms. The summed E-state index contributed by atoms with van der Waals surface area (Å²) in [6, 6.07) is 2.91. The number of primary amides is 1. The van der Waals surface area contributed by atoms with Gasteiger partial charge in [0.2, 0.25) is 5.91 Å². The normalized spacial score (nSPS) is 16.1. The zero-order chi connectivity index (χ0) is 18.1. The Bertz CT molecular complexity index is 644. The molecule has 1 aromatic rings. The third-order valence-electron chi connectivity index (χ3n) is 4.18. The fourth-order valence-corrected chi connectivity index (χ4v) is 2.95. The largest absolute Gasteiger partial charge is 0.444 e. The molecule has 2 rings (SSSR count). The van der Waals surface area contributed by atoms with E-state index in [1.165, 1.54) is 6.07 Å². The highest BCUT2D eigenvalue weighted by Gasteiger charge is 2.29. The van der Waals surface area contributed by atoms with E-state index in [0.29, 0.717) is 31.5 Å². The molecule has 132 valence electrons. The second kappa shape index (κ2) is 6.79. The minimum absolute atomic E-state index is 0.0745. The van der Waals surface area contributed by atoms with Gasteiger partial charge in [-0.1, -0.05) is 6.07 Å². The highest BCUT2D eigenvalue weighted by Crippen LogP contribution is 2.32. The molecular formula is C18H25FN2O3. The number of rotatable bonds is 2. The molecule has 0 radical (unpaired) electrons. The lowest BCUT2D eigenvalue weighted by Gasteiger charge is -2.34. The number of piperidine rings is 1. The molecule has 0 aliphatic carbocycles. The van der Waals surface area contributed by atoms with Crippen LogP contribution in [0.4, 0.5) is 9.18 Å². The van der Waals surface area contributed by atoms with E-state index in [4.69, 9.17) is 10.5 Å². The molecule has 0 atom stereocenters. The van der Waals surface area contributed by atoms with E-state index >= 15 is 0 Å². The Kier molecular flexibility index (Phi) is 5.16. The number of benzene rings is 1. The Hall–Kier alpha value is -2.11. The SMILES string of the molecule is Cc1cc(C2CCN(C(=O)OC(C)(C)C)CC2)c(C(N)=O)cc1F. The monoisotopic (exact) mass is 336 g/mol. The first kappa shape index (κ1) is 18.2. The summed E-state index contributed by atoms with van der Waals surface area (Å²) in [4.78, 5) is 25.4. The van der Waals surface area contributed by atoms with Crippen LogP contribution < -0.4 is 5.73 Å². The average Bonchev–Trinajstić information content (AvgIpc) is 2.48. The predicted molar refractivity (Wildman–Crippen MR) is 89.4 cm³/mol. The summed E-state index contributed by atoms with van der Waals surface area (Å²) >= 11 is 0. The quantitative estimate of drug-likeness (QED) is 0.900. The molecule has 1 heterocycles. The molecule has 2 amide bonds. The number of carbonyl (C=O) groups is 2. The summed E-state index contributed by atoms with van der Waals surface area (Å²) in [5.41, 5.74) is 6.36. The second-order valence-corrected chi connectivity index (χ2v) is 7.29. The zero-order valence-corrected chi connectivity index (χ0v) is 14.7. The summed E-state index contributed by atoms with van der Waals surface area (Å²) in [6.45, 7) is 8.23. The molecule has 1 saturated heterocycles. The molecule has 24 heavy (non-hydrogen) atoms. The third-order valence-corrected chi connectivity index (χ3v) is 4.18. The molecule has 0 saturated carbocycles. The minimum Gasteiger partial charge on any atom is -0.444 e. The van der Waals surface area contributed by atoms with Crippen LogP contribution in [0.15, 0.2) is 12.1 Å². The van der Waals surface area contributed by atoms with Crippen molar-refractivity contribution in [1.29, 1.82) is 0 Å². The van der Waals surface area contributed by atoms with Gasteiger partial charge in [0.1, 0.15) is 11.4 Å². The minimum atomic E-state index is -0.626. The molecule has 0 unspecified atom stereocenters. The topological polar surface area (TPSA) is 72.6 Å². The van der Waals surface area contributed by atoms with Crippen LogP contribution in [0.3, 0.4) is 0 Å². The number of ether oxygens (including phenoxy) is 1. The first-order valence-electron chi connectivity index (χ1n) is 8.16. The number of nitrogens with two attached hydrogens (primary N) is 1. The Morgan fingerprint density at radius 3 is 2.33 bits per heavy atom. The van der Waals surface area contributed by atoms with Gasteiger partial charge < -0.3 is 15.4 Å². The maximum Gasteiger partial charge on any atom is 0.410 e. The molecule has 5 nitrogen and oxygen atoms in total. The summed E-state index contributed by atoms with van der Waals surface area (Å²) in [6.07, 6.45) is 1.04. The molecule has 2 N–H and O–H groups in total. The van der Waals surface area contributed by atoms with E-state index in [0.717, 1.165) is 5.56 Å². The Balaban J connectivity index is 2.11. The van der Waals surface area contributed by atoms with Crippen LogP contribution >= 0.6 is 0 Å². The van der Waals surface area contributed by atoms with Crippen LogP contribution in [0, 0.1) is 12.7 Å². The lowest BCUT2D eigenvalue weighted by atomic mass is 9.85. The van der Waals surface area contributed by atoms with Crippen LogP contribution in [0.25, 0.3) is 0 Å². The number of hydrogen-bond acceptors (Lipinski definition) is 3. The van der Waals surface area contributed by atoms with Gasteiger partial charge in [0.05, 0.1) is 0 Å². The number of carbonyl (C=O) groups excluding carboxylic acids is 2. The Morgan fingerprint density at radius 1 is 1.25 bits per heavy atom. The number of amides is 2. The standard InChI is InChI=1S/C18H25FN2O3/c1-11-9-13(14(16(20)22)10-15(11)19)12-5-7-21(8-6-12)17(23)24-18(2,3)4/h9-10,12H,5-8H2,1-4H3,(H2,20,22). The van der Waals surface area contributed by atoms with Crippen molar-refractivity contribution in [3.63, 3.8) is 0 Å². The van der Waals surface area contributed by atoms with Crippen LogP contribution in [0.2, 0.25) is 0 Å². The van der Waals surface area contributed by atoms with Gasteiger partial charge in [-0.3, -0.25) is 4.79 Å². The van der Waals surface area contributed by atoms with Crippen molar-refractivity contribution in [3.05, 3.63) is 34.6 Å². The molecule has 0 aromatic heterocycles. The van der Waals surface area contributed by atoms with Crippen LogP contribution in [0.5, 0.6) is 0 Å². The molecular weight excluding hydrogens is 311 g/mol. The van der Waals surface area contributed by atoms with E-state index in [2.05, 4.69) is 0 Å². The zero-order valence-electron chi connectivity index (χ0n) is 14.7. The summed E-state index contributed by atoms with van der Waals surface area (Å²) in [5.74, 6) is -0.984. The molecule has 0 bridgehead atoms. The molecule has 1 aromatic carbocycles. The van der Waals surface area contributed by atoms with Crippen LogP contribution in [-0.4, -0.2) is 35.6 Å². The highest BCUT2D eigenvalue weighted by molar-refractivity contribution is 5.94. The maximum atomic E-state index is 13.7. The second-order valence-electron chi connectivity index (χ2n) is 7.29. The van der Waals surface area contributed by atoms with Crippen molar-refractivity contribution in [2.45, 2.75) is 52.1 Å². The van der Waals surface area contributed by atoms with E-state index in [-0.39, 0.29) is 17.6 Å². The maximum absolute atomic E-state index is 13.7. The Morgan fingerprint density at radius 2 is 1.83 bits per heavy atom. The fourth-order valence-electron chi connectivity index (χ4n) is 2.95. The molecule has 1 aliphatic rings. The highest BCUT2D eigenvalue weighted by atomic mass is 19.1. The van der Waals surface area contributed by atoms with Crippen molar-refractivity contribution < 1.29 is 18.7 Å². The number of aryl methyl sites for hydroxylation is 1. The number of likely N-dealkylation sites (tertiary alicyclic amines) is 1. The van der Waals surface area contributed by atoms with Gasteiger partial charge in [-0.25, -0.2) is 9.18 Å². The molecule has 1 fully saturated rings. The van der Waals surface area contributed by atoms with Crippen molar-refractivity contribution in [1.82, 2.24) is 4.90 Å². The van der Waals surface area contributed by atoms with Gasteiger partial charge in [-0.2, -0.15) is 0 Å². The number of nitrogens with zero attached hydrogens (tertiary/aromatic N) is 1. The van der Waals surface area contributed by atoms with E-state index in [1.807, 2.05) is 20.8 Å². The predicted octanol–water partition coefficient (Wildman–Crippen LogP) is 3.35. The number of halogens is 1. The lowest BCUT2D eigenvalue weighted by molar-refractivity contribution is 0.0204. The van der Waals surface area contributed by atoms with Crippen molar-refractivity contribution in [2.75, 3.05) is 13.1 Å². The van der Waals surface area contributed by atoms with Gasteiger partial charge in [0, 0.05) is 18.7 Å². The first-order chi connectivity index (χ1) is 11.1. The van der Waals surface area contributed by atoms with Crippen molar-refractivity contribution in [3.8, 4) is 0 Å². The van der Waals surface area contributed by atoms with Crippen LogP contribution in [0.1, 0.15) is 61.0 Å². The molecule has 1 aliphatic heterocycles.